The quantitative estimate of drug-likeness (QED) is 0.690. The lowest BCUT2D eigenvalue weighted by Gasteiger charge is -2.23. The number of thiazole rings is 1. The average Bonchev–Trinajstić information content (AvgIpc) is 3.48. The lowest BCUT2D eigenvalue weighted by atomic mass is 9.88. The lowest BCUT2D eigenvalue weighted by molar-refractivity contribution is 0.0935. The Bertz CT molecular complexity index is 1010. The molecule has 1 aliphatic heterocycles. The number of nitrogens with one attached hydrogen (secondary N) is 1. The van der Waals surface area contributed by atoms with Crippen LogP contribution in [0, 0.1) is 0 Å². The zero-order valence-corrected chi connectivity index (χ0v) is 17.0. The van der Waals surface area contributed by atoms with E-state index in [1.807, 2.05) is 30.0 Å². The van der Waals surface area contributed by atoms with Crippen LogP contribution in [-0.4, -0.2) is 50.6 Å². The van der Waals surface area contributed by atoms with Crippen LogP contribution in [0.4, 0.5) is 5.82 Å². The number of nitrogens with zero attached hydrogens (tertiary/aromatic N) is 4. The molecular weight excluding hydrogens is 386 g/mol. The third kappa shape index (κ3) is 3.74. The Hall–Kier alpha value is -2.45. The van der Waals surface area contributed by atoms with E-state index < -0.39 is 0 Å². The van der Waals surface area contributed by atoms with Crippen LogP contribution < -0.4 is 10.2 Å². The number of aliphatic hydroxyl groups excluding tert-OH is 1. The van der Waals surface area contributed by atoms with Gasteiger partial charge in [0.05, 0.1) is 16.6 Å². The summed E-state index contributed by atoms with van der Waals surface area (Å²) in [4.78, 5) is 24.1. The van der Waals surface area contributed by atoms with Gasteiger partial charge >= 0.3 is 0 Å². The minimum Gasteiger partial charge on any atom is -0.393 e. The topological polar surface area (TPSA) is 82.8 Å². The van der Waals surface area contributed by atoms with Crippen LogP contribution in [0.5, 0.6) is 0 Å². The molecule has 29 heavy (non-hydrogen) atoms. The van der Waals surface area contributed by atoms with E-state index in [-0.39, 0.29) is 18.1 Å². The van der Waals surface area contributed by atoms with Crippen LogP contribution in [0.1, 0.15) is 53.5 Å². The molecule has 7 nitrogen and oxygen atoms in total. The van der Waals surface area contributed by atoms with E-state index in [2.05, 4.69) is 30.7 Å². The summed E-state index contributed by atoms with van der Waals surface area (Å²) in [7, 11) is 0. The highest BCUT2D eigenvalue weighted by molar-refractivity contribution is 7.09. The Balaban J connectivity index is 1.21. The smallest absolute Gasteiger partial charge is 0.271 e. The first-order valence-electron chi connectivity index (χ1n) is 10.3. The Kier molecular flexibility index (Phi) is 4.97. The number of hydrogen-bond acceptors (Lipinski definition) is 6. The van der Waals surface area contributed by atoms with Gasteiger partial charge in [-0.3, -0.25) is 4.79 Å². The summed E-state index contributed by atoms with van der Waals surface area (Å²) < 4.78 is 2.06. The minimum absolute atomic E-state index is 0.0921. The van der Waals surface area contributed by atoms with E-state index >= 15 is 0 Å². The molecule has 3 aromatic heterocycles. The molecule has 1 aliphatic carbocycles. The molecule has 152 valence electrons. The van der Waals surface area contributed by atoms with Crippen molar-refractivity contribution in [1.82, 2.24) is 19.7 Å². The highest BCUT2D eigenvalue weighted by atomic mass is 32.1. The van der Waals surface area contributed by atoms with Crippen molar-refractivity contribution < 1.29 is 9.90 Å². The number of fused-ring (bicyclic) bond motifs is 1. The number of hydrogen-bond donors (Lipinski definition) is 2. The van der Waals surface area contributed by atoms with Gasteiger partial charge in [0.15, 0.2) is 5.82 Å². The third-order valence-corrected chi connectivity index (χ3v) is 7.06. The molecule has 3 aromatic rings. The number of aromatic nitrogens is 3. The highest BCUT2D eigenvalue weighted by Gasteiger charge is 2.28. The molecule has 1 saturated heterocycles. The summed E-state index contributed by atoms with van der Waals surface area (Å²) in [6.45, 7) is 1.62. The van der Waals surface area contributed by atoms with Crippen molar-refractivity contribution in [3.63, 3.8) is 0 Å². The molecule has 0 bridgehead atoms. The van der Waals surface area contributed by atoms with Gasteiger partial charge in [0.25, 0.3) is 5.91 Å². The van der Waals surface area contributed by atoms with E-state index in [0.29, 0.717) is 11.6 Å². The molecule has 2 aliphatic rings. The molecule has 1 atom stereocenters. The van der Waals surface area contributed by atoms with Gasteiger partial charge in [-0.25, -0.2) is 9.97 Å². The summed E-state index contributed by atoms with van der Waals surface area (Å²) >= 11 is 1.57. The molecule has 1 amide bonds. The number of carbonyl (C=O) groups excluding carboxylic acids is 1. The number of anilines is 1. The van der Waals surface area contributed by atoms with Crippen molar-refractivity contribution >= 4 is 28.6 Å². The summed E-state index contributed by atoms with van der Waals surface area (Å²) in [6, 6.07) is 4.17. The number of rotatable bonds is 4. The highest BCUT2D eigenvalue weighted by Crippen LogP contribution is 2.34. The molecular formula is C21H25N5O2S. The molecule has 2 fully saturated rings. The normalized spacial score (nSPS) is 24.9. The van der Waals surface area contributed by atoms with Crippen molar-refractivity contribution in [2.75, 3.05) is 18.0 Å². The molecule has 0 radical (unpaired) electrons. The maximum Gasteiger partial charge on any atom is 0.271 e. The van der Waals surface area contributed by atoms with Crippen molar-refractivity contribution in [3.05, 3.63) is 46.8 Å². The van der Waals surface area contributed by atoms with Crippen LogP contribution in [-0.2, 0) is 0 Å². The fourth-order valence-corrected chi connectivity index (χ4v) is 5.40. The SMILES string of the molecule is O=C(N[C@H]1CCN(c2nccn3cccc23)C1)c1csc(C2CCC(O)CC2)n1. The first kappa shape index (κ1) is 18.6. The Morgan fingerprint density at radius 1 is 1.21 bits per heavy atom. The van der Waals surface area contributed by atoms with Gasteiger partial charge in [-0.05, 0) is 44.2 Å². The summed E-state index contributed by atoms with van der Waals surface area (Å²) in [6.07, 6.45) is 10.0. The Morgan fingerprint density at radius 2 is 2.07 bits per heavy atom. The molecule has 0 spiro atoms. The van der Waals surface area contributed by atoms with E-state index in [9.17, 15) is 9.90 Å². The summed E-state index contributed by atoms with van der Waals surface area (Å²) in [5.74, 6) is 1.24. The summed E-state index contributed by atoms with van der Waals surface area (Å²) in [5, 5.41) is 15.7. The minimum atomic E-state index is -0.175. The third-order valence-electron chi connectivity index (χ3n) is 6.06. The molecule has 0 unspecified atom stereocenters. The monoisotopic (exact) mass is 411 g/mol. The average molecular weight is 412 g/mol. The second-order valence-corrected chi connectivity index (χ2v) is 8.92. The van der Waals surface area contributed by atoms with E-state index in [1.54, 1.807) is 11.3 Å². The first-order valence-corrected chi connectivity index (χ1v) is 11.2. The maximum atomic E-state index is 12.7. The van der Waals surface area contributed by atoms with Crippen LogP contribution in [0.15, 0.2) is 36.1 Å². The van der Waals surface area contributed by atoms with Crippen molar-refractivity contribution in [2.45, 2.75) is 50.2 Å². The van der Waals surface area contributed by atoms with E-state index in [4.69, 9.17) is 0 Å². The van der Waals surface area contributed by atoms with Crippen LogP contribution in [0.3, 0.4) is 0 Å². The first-order chi connectivity index (χ1) is 14.2. The number of carbonyl (C=O) groups is 1. The Labute approximate surface area is 173 Å². The molecule has 5 rings (SSSR count). The van der Waals surface area contributed by atoms with E-state index in [1.165, 1.54) is 0 Å². The second-order valence-electron chi connectivity index (χ2n) is 8.03. The molecule has 0 aromatic carbocycles. The van der Waals surface area contributed by atoms with Gasteiger partial charge in [-0.15, -0.1) is 11.3 Å². The Morgan fingerprint density at radius 3 is 2.93 bits per heavy atom. The van der Waals surface area contributed by atoms with E-state index in [0.717, 1.165) is 61.5 Å². The maximum absolute atomic E-state index is 12.7. The number of aliphatic hydroxyl groups is 1. The van der Waals surface area contributed by atoms with Gasteiger partial charge in [0.1, 0.15) is 5.69 Å². The molecule has 8 heteroatoms. The van der Waals surface area contributed by atoms with Crippen molar-refractivity contribution in [3.8, 4) is 0 Å². The molecule has 1 saturated carbocycles. The zero-order chi connectivity index (χ0) is 19.8. The standard InChI is InChI=1S/C21H25N5O2S/c27-16-5-3-14(4-6-16)21-24-17(13-29-21)20(28)23-15-7-10-26(12-15)19-18-2-1-9-25(18)11-8-22-19/h1-2,8-9,11,13-16,27H,3-7,10,12H2,(H,23,28)/t14?,15-,16?/m0/s1. The fourth-order valence-electron chi connectivity index (χ4n) is 4.43. The molecule has 4 heterocycles. The lowest BCUT2D eigenvalue weighted by Crippen LogP contribution is -2.37. The second kappa shape index (κ2) is 7.76. The van der Waals surface area contributed by atoms with Gasteiger partial charge in [-0.2, -0.15) is 0 Å². The number of amides is 1. The largest absolute Gasteiger partial charge is 0.393 e. The van der Waals surface area contributed by atoms with Gasteiger partial charge < -0.3 is 19.7 Å². The van der Waals surface area contributed by atoms with Crippen LogP contribution in [0.2, 0.25) is 0 Å². The predicted octanol–water partition coefficient (Wildman–Crippen LogP) is 2.82. The van der Waals surface area contributed by atoms with Crippen LogP contribution >= 0.6 is 11.3 Å². The van der Waals surface area contributed by atoms with Crippen LogP contribution in [0.25, 0.3) is 5.52 Å². The predicted molar refractivity (Wildman–Crippen MR) is 113 cm³/mol. The fraction of sp³-hybridized carbons (Fsp3) is 0.476. The van der Waals surface area contributed by atoms with Crippen molar-refractivity contribution in [1.29, 1.82) is 0 Å². The van der Waals surface area contributed by atoms with Gasteiger partial charge in [0, 0.05) is 49.0 Å². The van der Waals surface area contributed by atoms with Crippen molar-refractivity contribution in [2.24, 2.45) is 0 Å². The van der Waals surface area contributed by atoms with Gasteiger partial charge in [-0.1, -0.05) is 0 Å². The zero-order valence-electron chi connectivity index (χ0n) is 16.2. The molecule has 2 N–H and O–H groups in total. The summed E-state index contributed by atoms with van der Waals surface area (Å²) in [5.41, 5.74) is 1.60. The van der Waals surface area contributed by atoms with Gasteiger partial charge in [0.2, 0.25) is 0 Å².